The average Bonchev–Trinajstić information content (AvgIpc) is 2.76. The molecule has 0 amide bonds. The first-order valence-corrected chi connectivity index (χ1v) is 11.1. The van der Waals surface area contributed by atoms with Gasteiger partial charge in [-0.15, -0.1) is 0 Å². The molecule has 8 heteroatoms. The first-order chi connectivity index (χ1) is 14.5. The van der Waals surface area contributed by atoms with Crippen molar-refractivity contribution in [2.75, 3.05) is 25.6 Å². The van der Waals surface area contributed by atoms with Crippen molar-refractivity contribution in [3.8, 4) is 5.75 Å². The molecule has 0 unspecified atom stereocenters. The van der Waals surface area contributed by atoms with Crippen LogP contribution in [0.1, 0.15) is 55.5 Å². The molecule has 0 radical (unpaired) electrons. The Labute approximate surface area is 185 Å². The highest BCUT2D eigenvalue weighted by Gasteiger charge is 2.11. The monoisotopic (exact) mass is 479 g/mol. The molecule has 1 heterocycles. The Hall–Kier alpha value is -2.35. The number of ether oxygens (including phenoxy) is 2. The van der Waals surface area contributed by atoms with Crippen molar-refractivity contribution in [1.29, 1.82) is 0 Å². The van der Waals surface area contributed by atoms with Crippen molar-refractivity contribution in [2.24, 2.45) is 0 Å². The van der Waals surface area contributed by atoms with E-state index in [1.54, 1.807) is 12.3 Å². The number of anilines is 1. The highest BCUT2D eigenvalue weighted by Crippen LogP contribution is 2.23. The van der Waals surface area contributed by atoms with Gasteiger partial charge in [-0.3, -0.25) is 4.79 Å². The molecule has 0 aliphatic rings. The lowest BCUT2D eigenvalue weighted by atomic mass is 10.0. The summed E-state index contributed by atoms with van der Waals surface area (Å²) in [5.74, 6) is 0.449. The van der Waals surface area contributed by atoms with Gasteiger partial charge in [-0.05, 0) is 65.4 Å². The van der Waals surface area contributed by atoms with Gasteiger partial charge in [-0.25, -0.2) is 9.48 Å². The van der Waals surface area contributed by atoms with E-state index in [2.05, 4.69) is 33.3 Å². The zero-order valence-corrected chi connectivity index (χ0v) is 19.5. The largest absolute Gasteiger partial charge is 0.493 e. The summed E-state index contributed by atoms with van der Waals surface area (Å²) >= 11 is 3.36. The fourth-order valence-electron chi connectivity index (χ4n) is 2.96. The number of benzene rings is 1. The van der Waals surface area contributed by atoms with Gasteiger partial charge in [0.15, 0.2) is 0 Å². The summed E-state index contributed by atoms with van der Waals surface area (Å²) in [5.41, 5.74) is 2.09. The maximum Gasteiger partial charge on any atom is 0.337 e. The normalized spacial score (nSPS) is 10.7. The van der Waals surface area contributed by atoms with Gasteiger partial charge in [-0.1, -0.05) is 20.3 Å². The van der Waals surface area contributed by atoms with Gasteiger partial charge in [0.1, 0.15) is 10.2 Å². The number of methoxy groups -OCH3 is 1. The number of aromatic nitrogens is 2. The first kappa shape index (κ1) is 23.9. The summed E-state index contributed by atoms with van der Waals surface area (Å²) < 4.78 is 12.7. The Morgan fingerprint density at radius 1 is 1.23 bits per heavy atom. The summed E-state index contributed by atoms with van der Waals surface area (Å²) in [6, 6.07) is 5.41. The summed E-state index contributed by atoms with van der Waals surface area (Å²) in [6.45, 7) is 5.89. The minimum atomic E-state index is -0.344. The number of carbonyl (C=O) groups is 1. The van der Waals surface area contributed by atoms with Crippen molar-refractivity contribution in [3.63, 3.8) is 0 Å². The van der Waals surface area contributed by atoms with Crippen molar-refractivity contribution >= 4 is 27.6 Å². The van der Waals surface area contributed by atoms with E-state index in [1.807, 2.05) is 19.1 Å². The predicted molar refractivity (Wildman–Crippen MR) is 121 cm³/mol. The Kier molecular flexibility index (Phi) is 9.86. The van der Waals surface area contributed by atoms with Crippen LogP contribution in [0.2, 0.25) is 0 Å². The fraction of sp³-hybridized carbons (Fsp3) is 0.500. The van der Waals surface area contributed by atoms with Gasteiger partial charge >= 0.3 is 5.97 Å². The molecule has 0 spiro atoms. The molecule has 7 nitrogen and oxygen atoms in total. The fourth-order valence-corrected chi connectivity index (χ4v) is 3.41. The number of esters is 1. The molecule has 0 atom stereocenters. The van der Waals surface area contributed by atoms with Crippen LogP contribution in [-0.4, -0.2) is 36.0 Å². The van der Waals surface area contributed by atoms with Crippen LogP contribution in [0.4, 0.5) is 5.69 Å². The molecule has 164 valence electrons. The van der Waals surface area contributed by atoms with Crippen LogP contribution in [0.25, 0.3) is 0 Å². The molecule has 0 aliphatic heterocycles. The molecule has 30 heavy (non-hydrogen) atoms. The molecule has 0 aliphatic carbocycles. The quantitative estimate of drug-likeness (QED) is 0.358. The van der Waals surface area contributed by atoms with Crippen molar-refractivity contribution in [1.82, 2.24) is 9.78 Å². The highest BCUT2D eigenvalue weighted by molar-refractivity contribution is 9.10. The molecule has 0 saturated heterocycles. The lowest BCUT2D eigenvalue weighted by molar-refractivity contribution is 0.0600. The van der Waals surface area contributed by atoms with E-state index < -0.39 is 0 Å². The summed E-state index contributed by atoms with van der Waals surface area (Å²) in [5, 5.41) is 7.41. The second kappa shape index (κ2) is 12.4. The summed E-state index contributed by atoms with van der Waals surface area (Å²) in [7, 11) is 1.38. The predicted octanol–water partition coefficient (Wildman–Crippen LogP) is 4.43. The van der Waals surface area contributed by atoms with Crippen molar-refractivity contribution in [3.05, 3.63) is 50.3 Å². The third-order valence-electron chi connectivity index (χ3n) is 4.60. The number of nitrogens with one attached hydrogen (secondary N) is 1. The van der Waals surface area contributed by atoms with Crippen molar-refractivity contribution in [2.45, 2.75) is 52.5 Å². The molecule has 0 saturated carbocycles. The number of hydrogen-bond donors (Lipinski definition) is 1. The molecular weight excluding hydrogens is 450 g/mol. The number of halogens is 1. The Morgan fingerprint density at radius 2 is 2.03 bits per heavy atom. The Morgan fingerprint density at radius 3 is 2.73 bits per heavy atom. The van der Waals surface area contributed by atoms with Crippen LogP contribution in [-0.2, 0) is 17.7 Å². The van der Waals surface area contributed by atoms with Gasteiger partial charge in [-0.2, -0.15) is 5.10 Å². The molecule has 0 bridgehead atoms. The third-order valence-corrected chi connectivity index (χ3v) is 5.36. The van der Waals surface area contributed by atoms with E-state index in [4.69, 9.17) is 9.47 Å². The minimum Gasteiger partial charge on any atom is -0.493 e. The van der Waals surface area contributed by atoms with E-state index in [9.17, 15) is 9.59 Å². The SMILES string of the molecule is CCCCc1cc(C(=O)OC)ccc1OCCCNc1cnn(CCC)c(=O)c1Br. The van der Waals surface area contributed by atoms with Gasteiger partial charge in [0.2, 0.25) is 0 Å². The number of aryl methyl sites for hydroxylation is 2. The standard InChI is InChI=1S/C22H30BrN3O4/c1-4-6-8-16-14-17(22(28)29-3)9-10-19(16)30-13-7-11-24-18-15-25-26(12-5-2)21(27)20(18)23/h9-10,14-15,24H,4-8,11-13H2,1-3H3. The van der Waals surface area contributed by atoms with Gasteiger partial charge in [0.25, 0.3) is 5.56 Å². The first-order valence-electron chi connectivity index (χ1n) is 10.3. The lowest BCUT2D eigenvalue weighted by Crippen LogP contribution is -2.24. The van der Waals surface area contributed by atoms with Crippen molar-refractivity contribution < 1.29 is 14.3 Å². The molecule has 2 aromatic rings. The van der Waals surface area contributed by atoms with E-state index in [1.165, 1.54) is 11.8 Å². The molecule has 1 N–H and O–H groups in total. The van der Waals surface area contributed by atoms with Crippen LogP contribution in [0.15, 0.2) is 33.7 Å². The molecule has 2 rings (SSSR count). The van der Waals surface area contributed by atoms with Gasteiger partial charge in [0, 0.05) is 13.1 Å². The summed E-state index contributed by atoms with van der Waals surface area (Å²) in [6.07, 6.45) is 6.19. The lowest BCUT2D eigenvalue weighted by Gasteiger charge is -2.14. The number of hydrogen-bond acceptors (Lipinski definition) is 6. The topological polar surface area (TPSA) is 82.4 Å². The van der Waals surface area contributed by atoms with Crippen LogP contribution >= 0.6 is 15.9 Å². The van der Waals surface area contributed by atoms with Crippen LogP contribution in [0.5, 0.6) is 5.75 Å². The maximum absolute atomic E-state index is 12.2. The minimum absolute atomic E-state index is 0.135. The number of nitrogens with zero attached hydrogens (tertiary/aromatic N) is 2. The Bertz CT molecular complexity index is 898. The number of unbranched alkanes of at least 4 members (excludes halogenated alkanes) is 1. The second-order valence-corrected chi connectivity index (χ2v) is 7.74. The number of rotatable bonds is 12. The second-order valence-electron chi connectivity index (χ2n) is 6.95. The highest BCUT2D eigenvalue weighted by atomic mass is 79.9. The molecular formula is C22H30BrN3O4. The van der Waals surface area contributed by atoms with Gasteiger partial charge in [0.05, 0.1) is 31.2 Å². The smallest absolute Gasteiger partial charge is 0.337 e. The average molecular weight is 480 g/mol. The van der Waals surface area contributed by atoms with E-state index in [-0.39, 0.29) is 11.5 Å². The number of carbonyl (C=O) groups excluding carboxylic acids is 1. The van der Waals surface area contributed by atoms with Crippen LogP contribution in [0, 0.1) is 0 Å². The van der Waals surface area contributed by atoms with Crippen LogP contribution in [0.3, 0.4) is 0 Å². The van der Waals surface area contributed by atoms with E-state index >= 15 is 0 Å². The van der Waals surface area contributed by atoms with Crippen LogP contribution < -0.4 is 15.6 Å². The zero-order chi connectivity index (χ0) is 21.9. The molecule has 1 aromatic heterocycles. The van der Waals surface area contributed by atoms with Gasteiger partial charge < -0.3 is 14.8 Å². The zero-order valence-electron chi connectivity index (χ0n) is 17.9. The maximum atomic E-state index is 12.2. The molecule has 1 aromatic carbocycles. The third kappa shape index (κ3) is 6.58. The summed E-state index contributed by atoms with van der Waals surface area (Å²) in [4.78, 5) is 24.0. The Balaban J connectivity index is 1.91. The van der Waals surface area contributed by atoms with E-state index in [0.29, 0.717) is 35.4 Å². The molecule has 0 fully saturated rings. The van der Waals surface area contributed by atoms with E-state index in [0.717, 1.165) is 43.4 Å².